The molecule has 0 aliphatic carbocycles. The van der Waals surface area contributed by atoms with Crippen molar-refractivity contribution in [2.75, 3.05) is 40.1 Å². The van der Waals surface area contributed by atoms with Gasteiger partial charge in [0.1, 0.15) is 116 Å². The van der Waals surface area contributed by atoms with E-state index in [9.17, 15) is 96.1 Å². The first-order valence-corrected chi connectivity index (χ1v) is 21.8. The van der Waals surface area contributed by atoms with Gasteiger partial charge in [-0.15, -0.1) is 0 Å². The van der Waals surface area contributed by atoms with E-state index in [0.29, 0.717) is 0 Å². The summed E-state index contributed by atoms with van der Waals surface area (Å²) in [4.78, 5) is 39.1. The van der Waals surface area contributed by atoms with Gasteiger partial charge in [-0.1, -0.05) is 0 Å². The highest BCUT2D eigenvalue weighted by Crippen LogP contribution is 2.40. The van der Waals surface area contributed by atoms with Crippen LogP contribution in [0.2, 0.25) is 0 Å². The molecule has 5 saturated heterocycles. The van der Waals surface area contributed by atoms with Crippen molar-refractivity contribution < 1.29 is 139 Å². The Hall–Kier alpha value is -2.59. The van der Waals surface area contributed by atoms with Crippen LogP contribution in [-0.2, 0) is 57.0 Å². The van der Waals surface area contributed by atoms with Crippen LogP contribution < -0.4 is 16.0 Å². The van der Waals surface area contributed by atoms with Crippen molar-refractivity contribution >= 4 is 17.7 Å². The van der Waals surface area contributed by atoms with E-state index in [2.05, 4.69) is 16.0 Å². The summed E-state index contributed by atoms with van der Waals surface area (Å²) < 4.78 is 52.6. The molecular weight excluding hydrogens is 946 g/mol. The molecule has 0 aromatic heterocycles. The normalized spacial score (nSPS) is 46.0. The van der Waals surface area contributed by atoms with Gasteiger partial charge in [0.25, 0.3) is 11.7 Å². The Bertz CT molecular complexity index is 1670. The number of hydrogen-bond acceptors (Lipinski definition) is 28. The molecule has 0 spiro atoms. The van der Waals surface area contributed by atoms with E-state index in [1.165, 1.54) is 0 Å². The molecule has 69 heavy (non-hydrogen) atoms. The van der Waals surface area contributed by atoms with E-state index in [1.807, 2.05) is 0 Å². The summed E-state index contributed by atoms with van der Waals surface area (Å²) in [7, 11) is 1.05. The maximum Gasteiger partial charge on any atom is 0.280 e. The highest BCUT2D eigenvalue weighted by atomic mass is 16.8. The minimum Gasteiger partial charge on any atom is -0.394 e. The third kappa shape index (κ3) is 12.3. The van der Waals surface area contributed by atoms with Gasteiger partial charge in [-0.3, -0.25) is 14.4 Å². The molecule has 19 N–H and O–H groups in total. The van der Waals surface area contributed by atoms with Crippen molar-refractivity contribution in [3.05, 3.63) is 0 Å². The molecule has 0 radical (unpaired) electrons. The minimum atomic E-state index is -2.98. The van der Waals surface area contributed by atoms with Crippen LogP contribution in [-0.4, -0.2) is 299 Å². The zero-order valence-corrected chi connectivity index (χ0v) is 37.2. The first-order valence-electron chi connectivity index (χ1n) is 21.8. The zero-order chi connectivity index (χ0) is 51.4. The molecule has 400 valence electrons. The van der Waals surface area contributed by atoms with Crippen LogP contribution in [0.25, 0.3) is 0 Å². The SMILES string of the molecule is CNC(=O)[C@@]1(O[C@@H]2[C@@H](O)[C@H](O[C@H]3[C@H](O)[C@@H](O)[C@H](O)O[C@@H]3CO)O[C@H](CO)[C@@H]2O[C@@H]2O[C@H](CO)[C@H](O)[C@H](O[C@@H]3O[C@H](CO)[C@H](O)[C@H](O)[C@H]3O)[C@H]2NC(C)=O)C[C@H](O)[C@@H](NC(C)=O)[C@H]([C@H](O)[C@H](O)CO)O1. The van der Waals surface area contributed by atoms with Crippen molar-refractivity contribution in [2.24, 2.45) is 0 Å². The van der Waals surface area contributed by atoms with Crippen LogP contribution in [0.5, 0.6) is 0 Å². The number of carbonyl (C=O) groups excluding carboxylic acids is 3. The average molecular weight is 1010 g/mol. The number of carbonyl (C=O) groups is 3. The average Bonchev–Trinajstić information content (AvgIpc) is 3.32. The highest BCUT2D eigenvalue weighted by molar-refractivity contribution is 5.84. The Morgan fingerprint density at radius 1 is 0.580 bits per heavy atom. The standard InChI is InChI=1S/C38H65N3O28/c1-10(47)40-18-12(49)4-38(37(60)39-3,68-31(18)20(51)13(50)5-42)69-32-27(58)36(65-28-16(8-45)61-33(59)25(56)24(28)55)64-17(9-46)29(32)66-34-19(41-11(2)48)30(22(53)15(7-44)62-34)67-35-26(57)23(54)21(52)14(6-43)63-35/h12-36,42-46,49-59H,4-9H2,1-3H3,(H,39,60)(H,40,47)(H,41,48)/t12-,13+,14+,15+,16+,17+,18+,19+,20+,21-,22-,23-,24+,25+,26+,27+,28+,29-,30+,31+,32+,33+,34-,35-,36-,38-/m0/s1. The van der Waals surface area contributed by atoms with Gasteiger partial charge in [-0.25, -0.2) is 0 Å². The van der Waals surface area contributed by atoms with Crippen LogP contribution in [0.4, 0.5) is 0 Å². The Balaban J connectivity index is 1.62. The van der Waals surface area contributed by atoms with Crippen molar-refractivity contribution in [1.82, 2.24) is 16.0 Å². The smallest absolute Gasteiger partial charge is 0.280 e. The van der Waals surface area contributed by atoms with Crippen molar-refractivity contribution in [2.45, 2.75) is 179 Å². The van der Waals surface area contributed by atoms with Gasteiger partial charge in [0, 0.05) is 27.3 Å². The molecule has 5 fully saturated rings. The van der Waals surface area contributed by atoms with Gasteiger partial charge in [-0.2, -0.15) is 0 Å². The number of ether oxygens (including phenoxy) is 9. The Morgan fingerprint density at radius 2 is 1.09 bits per heavy atom. The Kier molecular flexibility index (Phi) is 20.3. The molecule has 5 rings (SSSR count). The third-order valence-corrected chi connectivity index (χ3v) is 12.3. The van der Waals surface area contributed by atoms with Crippen molar-refractivity contribution in [3.63, 3.8) is 0 Å². The molecule has 5 heterocycles. The Labute approximate surface area is 391 Å². The molecule has 5 aliphatic rings. The molecule has 0 aromatic rings. The van der Waals surface area contributed by atoms with Crippen molar-refractivity contribution in [1.29, 1.82) is 0 Å². The lowest BCUT2D eigenvalue weighted by Crippen LogP contribution is -2.73. The van der Waals surface area contributed by atoms with Crippen LogP contribution in [0.1, 0.15) is 20.3 Å². The van der Waals surface area contributed by atoms with Crippen LogP contribution >= 0.6 is 0 Å². The maximum atomic E-state index is 14.1. The number of nitrogens with one attached hydrogen (secondary N) is 3. The molecule has 31 nitrogen and oxygen atoms in total. The Morgan fingerprint density at radius 3 is 1.65 bits per heavy atom. The number of hydrogen-bond donors (Lipinski definition) is 19. The van der Waals surface area contributed by atoms with Gasteiger partial charge >= 0.3 is 0 Å². The monoisotopic (exact) mass is 1010 g/mol. The van der Waals surface area contributed by atoms with Gasteiger partial charge in [-0.05, 0) is 0 Å². The fourth-order valence-electron chi connectivity index (χ4n) is 8.74. The molecule has 0 bridgehead atoms. The van der Waals surface area contributed by atoms with Gasteiger partial charge < -0.3 is 140 Å². The number of aliphatic hydroxyl groups is 16. The fourth-order valence-corrected chi connectivity index (χ4v) is 8.74. The van der Waals surface area contributed by atoms with Crippen LogP contribution in [0, 0.1) is 0 Å². The van der Waals surface area contributed by atoms with Gasteiger partial charge in [0.05, 0.1) is 45.2 Å². The second kappa shape index (κ2) is 24.4. The molecule has 0 saturated carbocycles. The molecule has 0 unspecified atom stereocenters. The van der Waals surface area contributed by atoms with E-state index in [0.717, 1.165) is 20.9 Å². The molecule has 5 aliphatic heterocycles. The second-order valence-electron chi connectivity index (χ2n) is 17.1. The summed E-state index contributed by atoms with van der Waals surface area (Å²) in [5.74, 6) is -5.98. The molecule has 31 heteroatoms. The fraction of sp³-hybridized carbons (Fsp3) is 0.921. The number of amides is 3. The maximum absolute atomic E-state index is 14.1. The van der Waals surface area contributed by atoms with E-state index in [1.54, 1.807) is 0 Å². The van der Waals surface area contributed by atoms with Crippen LogP contribution in [0.15, 0.2) is 0 Å². The molecule has 3 amide bonds. The third-order valence-electron chi connectivity index (χ3n) is 12.3. The summed E-state index contributed by atoms with van der Waals surface area (Å²) in [6.45, 7) is -3.25. The summed E-state index contributed by atoms with van der Waals surface area (Å²) in [5.41, 5.74) is 0. The van der Waals surface area contributed by atoms with E-state index in [-0.39, 0.29) is 0 Å². The number of aliphatic hydroxyl groups excluding tert-OH is 16. The summed E-state index contributed by atoms with van der Waals surface area (Å²) in [6.07, 6.45) is -47.2. The van der Waals surface area contributed by atoms with Crippen LogP contribution in [0.3, 0.4) is 0 Å². The number of likely N-dealkylation sites (N-methyl/N-ethyl adjacent to an activating group) is 1. The summed E-state index contributed by atoms with van der Waals surface area (Å²) in [5, 5.41) is 178. The first-order chi connectivity index (χ1) is 32.5. The van der Waals surface area contributed by atoms with Gasteiger partial charge in [0.2, 0.25) is 11.8 Å². The second-order valence-corrected chi connectivity index (χ2v) is 17.1. The minimum absolute atomic E-state index is 0.806. The largest absolute Gasteiger partial charge is 0.394 e. The lowest BCUT2D eigenvalue weighted by atomic mass is 9.87. The number of rotatable bonds is 18. The van der Waals surface area contributed by atoms with E-state index >= 15 is 0 Å². The zero-order valence-electron chi connectivity index (χ0n) is 37.2. The topological polar surface area (TPSA) is 494 Å². The predicted molar refractivity (Wildman–Crippen MR) is 213 cm³/mol. The lowest BCUT2D eigenvalue weighted by molar-refractivity contribution is -0.401. The lowest BCUT2D eigenvalue weighted by Gasteiger charge is -2.53. The summed E-state index contributed by atoms with van der Waals surface area (Å²) in [6, 6.07) is -3.47. The van der Waals surface area contributed by atoms with E-state index in [4.69, 9.17) is 42.6 Å². The first kappa shape index (κ1) is 57.3. The highest BCUT2D eigenvalue weighted by Gasteiger charge is 2.61. The van der Waals surface area contributed by atoms with E-state index < -0.39 is 216 Å². The molecule has 0 aromatic carbocycles. The molecular formula is C38H65N3O28. The summed E-state index contributed by atoms with van der Waals surface area (Å²) >= 11 is 0. The predicted octanol–water partition coefficient (Wildman–Crippen LogP) is -12.8. The molecule has 26 atom stereocenters. The quantitative estimate of drug-likeness (QED) is 0.0606. The van der Waals surface area contributed by atoms with Gasteiger partial charge in [0.15, 0.2) is 25.2 Å². The van der Waals surface area contributed by atoms with Crippen molar-refractivity contribution in [3.8, 4) is 0 Å².